The molecule has 8 atom stereocenters. The maximum atomic E-state index is 13.3. The number of aromatic amines is 2. The molecule has 0 bridgehead atoms. The van der Waals surface area contributed by atoms with Gasteiger partial charge in [0.1, 0.15) is 29.5 Å². The van der Waals surface area contributed by atoms with E-state index in [1.165, 1.54) is 6.92 Å². The number of rotatable bonds is 6. The van der Waals surface area contributed by atoms with Gasteiger partial charge in [-0.05, 0) is 13.8 Å². The number of nitrogens with zero attached hydrogens (tertiary/aromatic N) is 2. The Hall–Kier alpha value is -2.95. The highest BCUT2D eigenvalue weighted by Gasteiger charge is 2.55. The SMILES string of the molecule is C[C@@]1(O)[C@@H](CO)O[C@@H](n2cc(F)c(=O)[nH]c2=O)[C@@H]1O.C[C@@]1(O)[C@@H](OCP(=O)(O)O)O[C@@H](n2cc(F)c(=O)[nH]c2=O)[C@@H]1O. The van der Waals surface area contributed by atoms with Crippen molar-refractivity contribution in [3.8, 4) is 0 Å². The van der Waals surface area contributed by atoms with Gasteiger partial charge < -0.3 is 49.5 Å². The largest absolute Gasteiger partial charge is 0.394 e. The lowest BCUT2D eigenvalue weighted by Crippen LogP contribution is -2.47. The van der Waals surface area contributed by atoms with Crippen LogP contribution in [-0.4, -0.2) is 103 Å². The number of aromatic nitrogens is 4. The first-order valence-corrected chi connectivity index (χ1v) is 13.4. The molecule has 4 heterocycles. The Bertz CT molecular complexity index is 1580. The van der Waals surface area contributed by atoms with Gasteiger partial charge >= 0.3 is 19.0 Å². The first-order valence-electron chi connectivity index (χ1n) is 11.6. The quantitative estimate of drug-likeness (QED) is 0.136. The van der Waals surface area contributed by atoms with E-state index in [1.807, 2.05) is 0 Å². The summed E-state index contributed by atoms with van der Waals surface area (Å²) < 4.78 is 53.2. The van der Waals surface area contributed by atoms with Crippen molar-refractivity contribution in [1.29, 1.82) is 0 Å². The smallest absolute Gasteiger partial charge is 0.351 e. The zero-order valence-electron chi connectivity index (χ0n) is 21.5. The van der Waals surface area contributed by atoms with Crippen LogP contribution in [0.2, 0.25) is 0 Å². The van der Waals surface area contributed by atoms with Crippen molar-refractivity contribution in [1.82, 2.24) is 19.1 Å². The zero-order chi connectivity index (χ0) is 31.9. The van der Waals surface area contributed by atoms with Crippen LogP contribution in [0, 0.1) is 11.6 Å². The Balaban J connectivity index is 0.000000235. The van der Waals surface area contributed by atoms with Gasteiger partial charge in [0, 0.05) is 0 Å². The molecule has 2 aliphatic heterocycles. The van der Waals surface area contributed by atoms with Crippen LogP contribution >= 0.6 is 7.60 Å². The number of aliphatic hydroxyl groups excluding tert-OH is 3. The van der Waals surface area contributed by atoms with Crippen LogP contribution in [0.25, 0.3) is 0 Å². The summed E-state index contributed by atoms with van der Waals surface area (Å²) in [4.78, 5) is 65.9. The summed E-state index contributed by atoms with van der Waals surface area (Å²) in [6.45, 7) is 1.65. The van der Waals surface area contributed by atoms with E-state index in [-0.39, 0.29) is 0 Å². The van der Waals surface area contributed by atoms with Crippen molar-refractivity contribution >= 4 is 7.60 Å². The average molecular weight is 632 g/mol. The number of nitrogens with one attached hydrogen (secondary N) is 2. The fourth-order valence-corrected chi connectivity index (χ4v) is 4.29. The fraction of sp³-hybridized carbons (Fsp3) is 0.600. The standard InChI is InChI=1S/C10H14FN2O9P.C10H13FN2O6/c1-10(17)5(14)7(22-8(10)21-3-23(18,19)20)13-2-4(11)6(15)12-9(13)16;1-10(18)5(3-14)19-8(6(10)15)13-2-4(11)7(16)12-9(13)17/h2,5,7-8,14,17H,3H2,1H3,(H,12,15,16)(H2,18,19,20);2,5-6,8,14-15,18H,3H2,1H3,(H,12,16,17)/t5-,7+,8-,10-;5-,6+,8-,10-/m01/s1. The van der Waals surface area contributed by atoms with Crippen LogP contribution in [0.1, 0.15) is 26.3 Å². The maximum absolute atomic E-state index is 13.3. The minimum Gasteiger partial charge on any atom is -0.394 e. The molecule has 236 valence electrons. The first-order chi connectivity index (χ1) is 19.2. The maximum Gasteiger partial charge on any atom is 0.351 e. The summed E-state index contributed by atoms with van der Waals surface area (Å²) in [5.41, 5.74) is -8.56. The monoisotopic (exact) mass is 632 g/mol. The molecule has 0 aromatic carbocycles. The van der Waals surface area contributed by atoms with E-state index >= 15 is 0 Å². The van der Waals surface area contributed by atoms with Gasteiger partial charge in [0.15, 0.2) is 25.1 Å². The number of aliphatic hydroxyl groups is 5. The van der Waals surface area contributed by atoms with E-state index in [2.05, 4.69) is 0 Å². The Morgan fingerprint density at radius 1 is 0.905 bits per heavy atom. The van der Waals surface area contributed by atoms with Crippen molar-refractivity contribution < 1.29 is 62.9 Å². The molecule has 0 amide bonds. The second-order valence-electron chi connectivity index (χ2n) is 9.65. The lowest BCUT2D eigenvalue weighted by atomic mass is 9.95. The lowest BCUT2D eigenvalue weighted by Gasteiger charge is -2.26. The van der Waals surface area contributed by atoms with E-state index in [4.69, 9.17) is 29.1 Å². The molecule has 0 radical (unpaired) electrons. The van der Waals surface area contributed by atoms with Crippen LogP contribution in [0.15, 0.2) is 31.6 Å². The number of H-pyrrole nitrogens is 2. The highest BCUT2D eigenvalue weighted by Crippen LogP contribution is 2.41. The molecule has 22 heteroatoms. The van der Waals surface area contributed by atoms with Gasteiger partial charge in [0.2, 0.25) is 11.6 Å². The molecular formula is C20H27F2N4O15P. The molecule has 42 heavy (non-hydrogen) atoms. The number of halogens is 2. The summed E-state index contributed by atoms with van der Waals surface area (Å²) in [6, 6.07) is 0. The predicted molar refractivity (Wildman–Crippen MR) is 129 cm³/mol. The summed E-state index contributed by atoms with van der Waals surface area (Å²) >= 11 is 0. The van der Waals surface area contributed by atoms with Crippen LogP contribution < -0.4 is 22.5 Å². The molecule has 4 rings (SSSR count). The third-order valence-electron chi connectivity index (χ3n) is 6.39. The predicted octanol–water partition coefficient (Wildman–Crippen LogP) is -4.53. The second kappa shape index (κ2) is 12.0. The van der Waals surface area contributed by atoms with E-state index in [9.17, 15) is 53.0 Å². The Morgan fingerprint density at radius 3 is 1.74 bits per heavy atom. The average Bonchev–Trinajstić information content (AvgIpc) is 3.24. The van der Waals surface area contributed by atoms with Crippen molar-refractivity contribution in [3.63, 3.8) is 0 Å². The van der Waals surface area contributed by atoms with Crippen molar-refractivity contribution in [2.75, 3.05) is 13.0 Å². The van der Waals surface area contributed by atoms with Gasteiger partial charge in [0.05, 0.1) is 19.0 Å². The van der Waals surface area contributed by atoms with E-state index < -0.39 is 103 Å². The molecule has 19 nitrogen and oxygen atoms in total. The van der Waals surface area contributed by atoms with Crippen molar-refractivity contribution in [2.45, 2.75) is 62.1 Å². The van der Waals surface area contributed by atoms with Crippen LogP contribution in [0.5, 0.6) is 0 Å². The lowest BCUT2D eigenvalue weighted by molar-refractivity contribution is -0.197. The molecule has 0 aliphatic carbocycles. The van der Waals surface area contributed by atoms with E-state index in [0.717, 1.165) is 6.92 Å². The summed E-state index contributed by atoms with van der Waals surface area (Å²) in [6.07, 6.45) is -9.37. The molecule has 0 unspecified atom stereocenters. The highest BCUT2D eigenvalue weighted by atomic mass is 31.2. The normalized spacial score (nSPS) is 32.9. The Kier molecular flexibility index (Phi) is 9.56. The molecule has 0 spiro atoms. The summed E-state index contributed by atoms with van der Waals surface area (Å²) in [7, 11) is -4.58. The Morgan fingerprint density at radius 2 is 1.33 bits per heavy atom. The summed E-state index contributed by atoms with van der Waals surface area (Å²) in [5.74, 6) is -2.57. The number of hydrogen-bond acceptors (Lipinski definition) is 13. The van der Waals surface area contributed by atoms with Crippen LogP contribution in [0.3, 0.4) is 0 Å². The number of hydrogen-bond donors (Lipinski definition) is 9. The molecule has 2 aromatic heterocycles. The van der Waals surface area contributed by atoms with E-state index in [0.29, 0.717) is 21.5 Å². The molecule has 2 aliphatic rings. The van der Waals surface area contributed by atoms with Gasteiger partial charge in [0.25, 0.3) is 11.1 Å². The van der Waals surface area contributed by atoms with E-state index in [1.54, 1.807) is 9.97 Å². The summed E-state index contributed by atoms with van der Waals surface area (Å²) in [5, 5.41) is 49.0. The van der Waals surface area contributed by atoms with Crippen LogP contribution in [0.4, 0.5) is 8.78 Å². The fourth-order valence-electron chi connectivity index (χ4n) is 3.96. The van der Waals surface area contributed by atoms with Gasteiger partial charge in [-0.3, -0.25) is 33.3 Å². The van der Waals surface area contributed by atoms with Gasteiger partial charge in [-0.2, -0.15) is 8.78 Å². The van der Waals surface area contributed by atoms with Gasteiger partial charge in [-0.25, -0.2) is 9.59 Å². The van der Waals surface area contributed by atoms with Gasteiger partial charge in [-0.1, -0.05) is 0 Å². The second-order valence-corrected chi connectivity index (χ2v) is 11.2. The highest BCUT2D eigenvalue weighted by molar-refractivity contribution is 7.51. The third kappa shape index (κ3) is 6.66. The van der Waals surface area contributed by atoms with Crippen LogP contribution in [-0.2, 0) is 18.8 Å². The molecule has 9 N–H and O–H groups in total. The molecule has 0 saturated carbocycles. The third-order valence-corrected chi connectivity index (χ3v) is 6.88. The topological polar surface area (TPSA) is 296 Å². The molecule has 2 aromatic rings. The minimum atomic E-state index is -4.58. The Labute approximate surface area is 231 Å². The first kappa shape index (κ1) is 33.6. The zero-order valence-corrected chi connectivity index (χ0v) is 22.4. The minimum absolute atomic E-state index is 0.469. The van der Waals surface area contributed by atoms with Crippen molar-refractivity contribution in [2.24, 2.45) is 0 Å². The van der Waals surface area contributed by atoms with Crippen molar-refractivity contribution in [3.05, 3.63) is 65.7 Å². The molecular weight excluding hydrogens is 605 g/mol. The molecule has 2 saturated heterocycles. The van der Waals surface area contributed by atoms with Gasteiger partial charge in [-0.15, -0.1) is 0 Å². The molecule has 2 fully saturated rings. The number of ether oxygens (including phenoxy) is 3.